The highest BCUT2D eigenvalue weighted by molar-refractivity contribution is 7.99. The van der Waals surface area contributed by atoms with Crippen LogP contribution in [0.5, 0.6) is 0 Å². The maximum atomic E-state index is 14.0. The van der Waals surface area contributed by atoms with Crippen molar-refractivity contribution in [1.29, 1.82) is 0 Å². The average molecular weight is 291 g/mol. The summed E-state index contributed by atoms with van der Waals surface area (Å²) in [5.41, 5.74) is 1.61. The van der Waals surface area contributed by atoms with Gasteiger partial charge in [-0.2, -0.15) is 0 Å². The van der Waals surface area contributed by atoms with Gasteiger partial charge in [0.05, 0.1) is 0 Å². The van der Waals surface area contributed by atoms with Crippen molar-refractivity contribution < 1.29 is 8.78 Å². The first-order valence-corrected chi connectivity index (χ1v) is 7.53. The first kappa shape index (κ1) is 13.6. The first-order valence-electron chi connectivity index (χ1n) is 6.54. The lowest BCUT2D eigenvalue weighted by Crippen LogP contribution is -2.25. The molecule has 2 aromatic carbocycles. The van der Waals surface area contributed by atoms with Crippen LogP contribution in [0.2, 0.25) is 0 Å². The van der Waals surface area contributed by atoms with Crippen LogP contribution in [0.1, 0.15) is 23.1 Å². The van der Waals surface area contributed by atoms with E-state index < -0.39 is 5.82 Å². The molecule has 0 aliphatic carbocycles. The van der Waals surface area contributed by atoms with E-state index in [1.807, 2.05) is 12.1 Å². The van der Waals surface area contributed by atoms with E-state index in [0.717, 1.165) is 11.8 Å². The summed E-state index contributed by atoms with van der Waals surface area (Å²) < 4.78 is 27.4. The molecule has 1 N–H and O–H groups in total. The number of nitrogens with one attached hydrogen (secondary N) is 1. The third-order valence-corrected chi connectivity index (χ3v) is 4.95. The minimum atomic E-state index is -0.402. The number of thioether (sulfide) groups is 1. The van der Waals surface area contributed by atoms with Gasteiger partial charge in [0, 0.05) is 28.2 Å². The third-order valence-electron chi connectivity index (χ3n) is 3.74. The van der Waals surface area contributed by atoms with E-state index >= 15 is 0 Å². The van der Waals surface area contributed by atoms with Gasteiger partial charge in [-0.3, -0.25) is 0 Å². The van der Waals surface area contributed by atoms with Gasteiger partial charge in [-0.05, 0) is 36.9 Å². The zero-order valence-corrected chi connectivity index (χ0v) is 11.9. The van der Waals surface area contributed by atoms with Crippen LogP contribution >= 0.6 is 11.8 Å². The molecule has 20 heavy (non-hydrogen) atoms. The van der Waals surface area contributed by atoms with Crippen molar-refractivity contribution in [3.63, 3.8) is 0 Å². The molecular weight excluding hydrogens is 276 g/mol. The van der Waals surface area contributed by atoms with Gasteiger partial charge in [0.25, 0.3) is 0 Å². The minimum Gasteiger partial charge on any atom is -0.312 e. The van der Waals surface area contributed by atoms with E-state index in [-0.39, 0.29) is 17.8 Å². The number of fused-ring (bicyclic) bond motifs is 1. The molecule has 3 rings (SSSR count). The van der Waals surface area contributed by atoms with Crippen molar-refractivity contribution in [2.45, 2.75) is 16.9 Å². The largest absolute Gasteiger partial charge is 0.312 e. The maximum Gasteiger partial charge on any atom is 0.128 e. The van der Waals surface area contributed by atoms with Crippen LogP contribution in [0.4, 0.5) is 8.78 Å². The second kappa shape index (κ2) is 5.54. The molecular formula is C16H15F2NS. The Morgan fingerprint density at radius 2 is 2.00 bits per heavy atom. The van der Waals surface area contributed by atoms with Gasteiger partial charge in [0.15, 0.2) is 0 Å². The Morgan fingerprint density at radius 3 is 2.80 bits per heavy atom. The lowest BCUT2D eigenvalue weighted by atomic mass is 9.88. The predicted octanol–water partition coefficient (Wildman–Crippen LogP) is 4.11. The average Bonchev–Trinajstić information content (AvgIpc) is 2.88. The van der Waals surface area contributed by atoms with Crippen LogP contribution < -0.4 is 5.32 Å². The van der Waals surface area contributed by atoms with Crippen LogP contribution in [-0.4, -0.2) is 12.8 Å². The smallest absolute Gasteiger partial charge is 0.128 e. The number of hydrogen-bond acceptors (Lipinski definition) is 2. The molecule has 0 aromatic heterocycles. The summed E-state index contributed by atoms with van der Waals surface area (Å²) in [5, 5.41) is 3.15. The molecule has 1 aliphatic rings. The summed E-state index contributed by atoms with van der Waals surface area (Å²) in [6.45, 7) is 0. The van der Waals surface area contributed by atoms with E-state index in [2.05, 4.69) is 17.4 Å². The third kappa shape index (κ3) is 2.34. The fourth-order valence-electron chi connectivity index (χ4n) is 2.79. The van der Waals surface area contributed by atoms with Crippen molar-refractivity contribution in [3.05, 3.63) is 65.2 Å². The standard InChI is InChI=1S/C16H15F2NS/c1-19-16(12-8-10(17)6-7-14(12)18)13-9-20-15-5-3-2-4-11(13)15/h2-8,13,16,19H,9H2,1H3. The lowest BCUT2D eigenvalue weighted by molar-refractivity contribution is 0.477. The maximum absolute atomic E-state index is 14.0. The van der Waals surface area contributed by atoms with E-state index in [0.29, 0.717) is 5.56 Å². The van der Waals surface area contributed by atoms with Crippen LogP contribution in [0.3, 0.4) is 0 Å². The molecule has 0 saturated carbocycles. The number of halogens is 2. The number of likely N-dealkylation sites (N-methyl/N-ethyl adjacent to an activating group) is 1. The van der Waals surface area contributed by atoms with E-state index in [1.54, 1.807) is 18.8 Å². The van der Waals surface area contributed by atoms with Crippen molar-refractivity contribution in [3.8, 4) is 0 Å². The molecule has 1 heterocycles. The summed E-state index contributed by atoms with van der Waals surface area (Å²) in [5.74, 6) is 0.263. The minimum absolute atomic E-state index is 0.150. The SMILES string of the molecule is CNC(c1cc(F)ccc1F)C1CSc2ccccc21. The highest BCUT2D eigenvalue weighted by atomic mass is 32.2. The molecule has 0 spiro atoms. The number of hydrogen-bond donors (Lipinski definition) is 1. The van der Waals surface area contributed by atoms with Gasteiger partial charge >= 0.3 is 0 Å². The topological polar surface area (TPSA) is 12.0 Å². The Labute approximate surface area is 121 Å². The normalized spacial score (nSPS) is 18.9. The molecule has 0 bridgehead atoms. The molecule has 104 valence electrons. The molecule has 1 aliphatic heterocycles. The summed E-state index contributed by atoms with van der Waals surface area (Å²) in [4.78, 5) is 1.23. The van der Waals surface area contributed by atoms with Gasteiger partial charge in [0.2, 0.25) is 0 Å². The first-order chi connectivity index (χ1) is 9.70. The van der Waals surface area contributed by atoms with Crippen molar-refractivity contribution >= 4 is 11.8 Å². The van der Waals surface area contributed by atoms with Crippen molar-refractivity contribution in [1.82, 2.24) is 5.32 Å². The summed E-state index contributed by atoms with van der Waals surface area (Å²) in [6.07, 6.45) is 0. The Hall–Kier alpha value is -1.39. The summed E-state index contributed by atoms with van der Waals surface area (Å²) >= 11 is 1.77. The Bertz CT molecular complexity index is 630. The second-order valence-electron chi connectivity index (χ2n) is 4.89. The fraction of sp³-hybridized carbons (Fsp3) is 0.250. The molecule has 2 aromatic rings. The molecule has 4 heteroatoms. The molecule has 1 nitrogen and oxygen atoms in total. The second-order valence-corrected chi connectivity index (χ2v) is 5.95. The molecule has 0 amide bonds. The van der Waals surface area contributed by atoms with Gasteiger partial charge in [-0.25, -0.2) is 8.78 Å². The van der Waals surface area contributed by atoms with E-state index in [1.165, 1.54) is 22.6 Å². The number of benzene rings is 2. The van der Waals surface area contributed by atoms with Gasteiger partial charge in [-0.15, -0.1) is 11.8 Å². The van der Waals surface area contributed by atoms with Crippen LogP contribution in [-0.2, 0) is 0 Å². The Balaban J connectivity index is 2.01. The van der Waals surface area contributed by atoms with Crippen molar-refractivity contribution in [2.75, 3.05) is 12.8 Å². The summed E-state index contributed by atoms with van der Waals surface area (Å²) in [7, 11) is 1.79. The van der Waals surface area contributed by atoms with Gasteiger partial charge < -0.3 is 5.32 Å². The monoisotopic (exact) mass is 291 g/mol. The van der Waals surface area contributed by atoms with Crippen molar-refractivity contribution in [2.24, 2.45) is 0 Å². The quantitative estimate of drug-likeness (QED) is 0.913. The van der Waals surface area contributed by atoms with Gasteiger partial charge in [0.1, 0.15) is 11.6 Å². The van der Waals surface area contributed by atoms with Crippen LogP contribution in [0.25, 0.3) is 0 Å². The fourth-order valence-corrected chi connectivity index (χ4v) is 4.08. The molecule has 0 radical (unpaired) electrons. The summed E-state index contributed by atoms with van der Waals surface area (Å²) in [6, 6.07) is 11.6. The molecule has 0 saturated heterocycles. The van der Waals surface area contributed by atoms with E-state index in [9.17, 15) is 8.78 Å². The highest BCUT2D eigenvalue weighted by Gasteiger charge is 2.31. The highest BCUT2D eigenvalue weighted by Crippen LogP contribution is 2.45. The lowest BCUT2D eigenvalue weighted by Gasteiger charge is -2.24. The molecule has 0 fully saturated rings. The van der Waals surface area contributed by atoms with Crippen LogP contribution in [0, 0.1) is 11.6 Å². The predicted molar refractivity (Wildman–Crippen MR) is 78.1 cm³/mol. The molecule has 2 unspecified atom stereocenters. The Morgan fingerprint density at radius 1 is 1.20 bits per heavy atom. The molecule has 2 atom stereocenters. The van der Waals surface area contributed by atoms with E-state index in [4.69, 9.17) is 0 Å². The number of rotatable bonds is 3. The zero-order valence-electron chi connectivity index (χ0n) is 11.1. The Kier molecular flexibility index (Phi) is 3.76. The van der Waals surface area contributed by atoms with Gasteiger partial charge in [-0.1, -0.05) is 18.2 Å². The zero-order chi connectivity index (χ0) is 14.1. The van der Waals surface area contributed by atoms with Crippen LogP contribution in [0.15, 0.2) is 47.4 Å².